The van der Waals surface area contributed by atoms with E-state index in [4.69, 9.17) is 12.6 Å². The number of hydrogen-bond acceptors (Lipinski definition) is 4. The molecule has 0 aromatic carbocycles. The molecule has 0 aliphatic rings. The van der Waals surface area contributed by atoms with Crippen molar-refractivity contribution in [3.63, 3.8) is 0 Å². The first kappa shape index (κ1) is 23.0. The van der Waals surface area contributed by atoms with Crippen molar-refractivity contribution in [2.24, 2.45) is 0 Å². The van der Waals surface area contributed by atoms with Crippen LogP contribution in [-0.2, 0) is 17.2 Å². The molecule has 0 aliphatic carbocycles. The lowest BCUT2D eigenvalue weighted by Gasteiger charge is -2.37. The fourth-order valence-corrected chi connectivity index (χ4v) is 11.2. The van der Waals surface area contributed by atoms with E-state index >= 15 is 0 Å². The van der Waals surface area contributed by atoms with E-state index < -0.39 is 32.8 Å². The molecule has 0 rings (SSSR count). The molecular weight excluding hydrogens is 359 g/mol. The highest BCUT2D eigenvalue weighted by Crippen LogP contribution is 2.57. The lowest BCUT2D eigenvalue weighted by molar-refractivity contribution is 0.294. The van der Waals surface area contributed by atoms with Gasteiger partial charge < -0.3 is 12.6 Å². The Morgan fingerprint density at radius 2 is 0.826 bits per heavy atom. The van der Waals surface area contributed by atoms with Gasteiger partial charge in [0.2, 0.25) is 25.0 Å². The van der Waals surface area contributed by atoms with E-state index in [0.29, 0.717) is 0 Å². The maximum absolute atomic E-state index is 13.5. The summed E-state index contributed by atoms with van der Waals surface area (Å²) >= 11 is 0. The summed E-state index contributed by atoms with van der Waals surface area (Å²) in [7, 11) is -11.0. The normalized spacial score (nSPS) is 13.8. The topological polar surface area (TPSA) is 44.8 Å². The van der Waals surface area contributed by atoms with Crippen LogP contribution in [0.1, 0.15) is 20.8 Å². The number of phosphoric acid groups is 1. The van der Waals surface area contributed by atoms with E-state index in [2.05, 4.69) is 19.7 Å². The third-order valence-corrected chi connectivity index (χ3v) is 18.4. The van der Waals surface area contributed by atoms with Crippen LogP contribution in [0.2, 0.25) is 39.3 Å². The zero-order valence-corrected chi connectivity index (χ0v) is 20.1. The molecule has 0 N–H and O–H groups in total. The van der Waals surface area contributed by atoms with Gasteiger partial charge in [-0.05, 0) is 60.1 Å². The SMILES string of the molecule is C=C(C)[Si](C)(C)OP(=O)(O[Si](C)(C)C(=C)C)O[Si](C)(C)C(=C)C. The minimum atomic E-state index is -3.74. The predicted octanol–water partition coefficient (Wildman–Crippen LogP) is 6.11. The quantitative estimate of drug-likeness (QED) is 0.351. The fourth-order valence-electron chi connectivity index (χ4n) is 1.13. The van der Waals surface area contributed by atoms with Gasteiger partial charge in [0.05, 0.1) is 0 Å². The molecule has 0 bridgehead atoms. The third-order valence-electron chi connectivity index (χ3n) is 4.10. The average Bonchev–Trinajstić information content (AvgIpc) is 2.24. The van der Waals surface area contributed by atoms with Crippen LogP contribution < -0.4 is 0 Å². The summed E-state index contributed by atoms with van der Waals surface area (Å²) < 4.78 is 31.5. The van der Waals surface area contributed by atoms with Crippen molar-refractivity contribution in [2.75, 3.05) is 0 Å². The van der Waals surface area contributed by atoms with Crippen LogP contribution in [0.3, 0.4) is 0 Å². The molecule has 0 aliphatic heterocycles. The molecule has 0 unspecified atom stereocenters. The van der Waals surface area contributed by atoms with Crippen LogP contribution in [0.15, 0.2) is 35.3 Å². The van der Waals surface area contributed by atoms with Gasteiger partial charge in [0.15, 0.2) is 0 Å². The van der Waals surface area contributed by atoms with Gasteiger partial charge in [-0.3, -0.25) is 0 Å². The van der Waals surface area contributed by atoms with Crippen LogP contribution in [-0.4, -0.2) is 25.0 Å². The summed E-state index contributed by atoms with van der Waals surface area (Å²) in [5.41, 5.74) is 0. The van der Waals surface area contributed by atoms with Crippen LogP contribution in [0.25, 0.3) is 0 Å². The lowest BCUT2D eigenvalue weighted by atomic mass is 10.8. The molecule has 0 saturated heterocycles. The fraction of sp³-hybridized carbons (Fsp3) is 0.600. The Hall–Kier alpha value is -0.0194. The van der Waals surface area contributed by atoms with Crippen molar-refractivity contribution in [3.05, 3.63) is 35.3 Å². The minimum Gasteiger partial charge on any atom is -0.326 e. The van der Waals surface area contributed by atoms with Crippen molar-refractivity contribution in [3.8, 4) is 0 Å². The van der Waals surface area contributed by atoms with Gasteiger partial charge >= 0.3 is 7.82 Å². The second-order valence-electron chi connectivity index (χ2n) is 7.59. The van der Waals surface area contributed by atoms with Crippen molar-refractivity contribution >= 4 is 32.8 Å². The molecule has 23 heavy (non-hydrogen) atoms. The van der Waals surface area contributed by atoms with E-state index in [1.807, 2.05) is 60.1 Å². The van der Waals surface area contributed by atoms with Crippen molar-refractivity contribution < 1.29 is 17.2 Å². The molecule has 0 aromatic heterocycles. The van der Waals surface area contributed by atoms with Gasteiger partial charge in [-0.1, -0.05) is 15.6 Å². The van der Waals surface area contributed by atoms with Crippen molar-refractivity contribution in [2.45, 2.75) is 60.1 Å². The second-order valence-corrected chi connectivity index (χ2v) is 22.3. The summed E-state index contributed by atoms with van der Waals surface area (Å²) in [6.07, 6.45) is 0. The largest absolute Gasteiger partial charge is 0.446 e. The third kappa shape index (κ3) is 6.78. The number of allylic oxidation sites excluding steroid dienone is 3. The molecule has 0 spiro atoms. The van der Waals surface area contributed by atoms with E-state index in [-0.39, 0.29) is 0 Å². The molecule has 8 heteroatoms. The Morgan fingerprint density at radius 1 is 0.652 bits per heavy atom. The summed E-state index contributed by atoms with van der Waals surface area (Å²) in [6, 6.07) is 0. The summed E-state index contributed by atoms with van der Waals surface area (Å²) in [4.78, 5) is 0. The Kier molecular flexibility index (Phi) is 7.47. The highest BCUT2D eigenvalue weighted by Gasteiger charge is 2.46. The Bertz CT molecular complexity index is 477. The van der Waals surface area contributed by atoms with Gasteiger partial charge in [0.25, 0.3) is 0 Å². The molecule has 0 saturated carbocycles. The van der Waals surface area contributed by atoms with Crippen LogP contribution >= 0.6 is 7.82 Å². The Morgan fingerprint density at radius 3 is 0.957 bits per heavy atom. The van der Waals surface area contributed by atoms with Gasteiger partial charge in [-0.2, -0.15) is 0 Å². The van der Waals surface area contributed by atoms with Gasteiger partial charge in [-0.25, -0.2) is 4.57 Å². The Balaban J connectivity index is 5.80. The monoisotopic (exact) mass is 392 g/mol. The first-order valence-electron chi connectivity index (χ1n) is 7.65. The highest BCUT2D eigenvalue weighted by molar-refractivity contribution is 7.54. The first-order valence-corrected chi connectivity index (χ1v) is 17.8. The van der Waals surface area contributed by atoms with Crippen LogP contribution in [0.5, 0.6) is 0 Å². The lowest BCUT2D eigenvalue weighted by Crippen LogP contribution is -2.40. The highest BCUT2D eigenvalue weighted by atomic mass is 31.2. The van der Waals surface area contributed by atoms with E-state index in [1.165, 1.54) is 0 Å². The molecule has 0 amide bonds. The molecule has 0 heterocycles. The molecule has 0 fully saturated rings. The molecular formula is C15H33O4PSi3. The molecule has 0 radical (unpaired) electrons. The summed E-state index contributed by atoms with van der Waals surface area (Å²) in [5, 5.41) is 2.65. The van der Waals surface area contributed by atoms with E-state index in [0.717, 1.165) is 15.6 Å². The van der Waals surface area contributed by atoms with E-state index in [1.54, 1.807) is 0 Å². The molecule has 0 aromatic rings. The van der Waals surface area contributed by atoms with Gasteiger partial charge in [0.1, 0.15) is 0 Å². The first-order chi connectivity index (χ1) is 9.95. The molecule has 134 valence electrons. The standard InChI is InChI=1S/C15H33O4PSi3/c1-13(2)21(7,8)17-20(16,18-22(9,10)14(3)4)19-23(11,12)15(5)6/h1,3,5H2,2,4,6-12H3. The number of hydrogen-bond donors (Lipinski definition) is 0. The minimum absolute atomic E-state index is 0.884. The average molecular weight is 393 g/mol. The smallest absolute Gasteiger partial charge is 0.326 e. The van der Waals surface area contributed by atoms with Crippen molar-refractivity contribution in [1.29, 1.82) is 0 Å². The molecule has 4 nitrogen and oxygen atoms in total. The van der Waals surface area contributed by atoms with Gasteiger partial charge in [0, 0.05) is 0 Å². The second kappa shape index (κ2) is 7.47. The predicted molar refractivity (Wildman–Crippen MR) is 108 cm³/mol. The van der Waals surface area contributed by atoms with Gasteiger partial charge in [-0.15, -0.1) is 19.7 Å². The summed E-state index contributed by atoms with van der Waals surface area (Å²) in [5.74, 6) is 0. The maximum atomic E-state index is 13.5. The summed E-state index contributed by atoms with van der Waals surface area (Å²) in [6.45, 7) is 29.2. The molecule has 0 atom stereocenters. The van der Waals surface area contributed by atoms with Crippen LogP contribution in [0.4, 0.5) is 0 Å². The van der Waals surface area contributed by atoms with Crippen LogP contribution in [0, 0.1) is 0 Å². The number of rotatable bonds is 9. The Labute approximate surface area is 145 Å². The zero-order valence-electron chi connectivity index (χ0n) is 16.2. The zero-order chi connectivity index (χ0) is 18.9. The van der Waals surface area contributed by atoms with Crippen molar-refractivity contribution in [1.82, 2.24) is 0 Å². The maximum Gasteiger partial charge on any atom is 0.446 e. The van der Waals surface area contributed by atoms with E-state index in [9.17, 15) is 4.57 Å².